The quantitative estimate of drug-likeness (QED) is 0.795. The van der Waals surface area contributed by atoms with E-state index in [9.17, 15) is 13.2 Å². The molecule has 2 aromatic rings. The number of rotatable bonds is 5. The number of hydrogen-bond donors (Lipinski definition) is 0. The fourth-order valence-electron chi connectivity index (χ4n) is 3.10. The van der Waals surface area contributed by atoms with Crippen LogP contribution in [-0.4, -0.2) is 53.1 Å². The molecular formula is C18H22N4O3S. The van der Waals surface area contributed by atoms with Crippen molar-refractivity contribution < 1.29 is 13.2 Å². The molecular weight excluding hydrogens is 352 g/mol. The molecule has 26 heavy (non-hydrogen) atoms. The van der Waals surface area contributed by atoms with E-state index in [4.69, 9.17) is 0 Å². The Bertz CT molecular complexity index is 893. The summed E-state index contributed by atoms with van der Waals surface area (Å²) in [6, 6.07) is 6.16. The lowest BCUT2D eigenvalue weighted by Crippen LogP contribution is -2.36. The molecule has 1 aromatic carbocycles. The van der Waals surface area contributed by atoms with Gasteiger partial charge in [-0.25, -0.2) is 18.4 Å². The van der Waals surface area contributed by atoms with Gasteiger partial charge in [-0.3, -0.25) is 4.79 Å². The van der Waals surface area contributed by atoms with Crippen LogP contribution < -0.4 is 0 Å². The Morgan fingerprint density at radius 2 is 1.88 bits per heavy atom. The van der Waals surface area contributed by atoms with Gasteiger partial charge in [0.2, 0.25) is 10.0 Å². The van der Waals surface area contributed by atoms with Gasteiger partial charge >= 0.3 is 0 Å². The predicted octanol–water partition coefficient (Wildman–Crippen LogP) is 1.71. The maximum absolute atomic E-state index is 12.7. The van der Waals surface area contributed by atoms with Gasteiger partial charge in [0.1, 0.15) is 6.33 Å². The Balaban J connectivity index is 1.78. The number of sulfonamides is 1. The highest BCUT2D eigenvalue weighted by molar-refractivity contribution is 7.89. The van der Waals surface area contributed by atoms with Crippen LogP contribution in [0, 0.1) is 0 Å². The number of fused-ring (bicyclic) bond motifs is 1. The molecule has 0 spiro atoms. The van der Waals surface area contributed by atoms with Crippen LogP contribution in [0.1, 0.15) is 35.5 Å². The Labute approximate surface area is 153 Å². The minimum Gasteiger partial charge on any atom is -0.334 e. The number of aromatic nitrogens is 2. The lowest BCUT2D eigenvalue weighted by molar-refractivity contribution is 0.0733. The summed E-state index contributed by atoms with van der Waals surface area (Å²) < 4.78 is 26.5. The van der Waals surface area contributed by atoms with Gasteiger partial charge in [0, 0.05) is 49.9 Å². The zero-order valence-corrected chi connectivity index (χ0v) is 15.7. The molecule has 0 atom stereocenters. The van der Waals surface area contributed by atoms with Gasteiger partial charge in [-0.2, -0.15) is 4.31 Å². The molecule has 0 bridgehead atoms. The van der Waals surface area contributed by atoms with E-state index in [1.807, 2.05) is 0 Å². The van der Waals surface area contributed by atoms with Crippen molar-refractivity contribution in [3.05, 3.63) is 53.6 Å². The highest BCUT2D eigenvalue weighted by Gasteiger charge is 2.24. The monoisotopic (exact) mass is 374 g/mol. The first-order valence-corrected chi connectivity index (χ1v) is 10.1. The summed E-state index contributed by atoms with van der Waals surface area (Å²) in [5.74, 6) is -0.119. The first kappa shape index (κ1) is 18.5. The van der Waals surface area contributed by atoms with Gasteiger partial charge in [-0.05, 0) is 24.3 Å². The lowest BCUT2D eigenvalue weighted by atomic mass is 10.1. The minimum absolute atomic E-state index is 0.119. The van der Waals surface area contributed by atoms with Gasteiger partial charge in [-0.15, -0.1) is 0 Å². The molecule has 0 radical (unpaired) electrons. The van der Waals surface area contributed by atoms with Crippen LogP contribution in [0.15, 0.2) is 41.7 Å². The summed E-state index contributed by atoms with van der Waals surface area (Å²) in [5, 5.41) is 0. The normalized spacial score (nSPS) is 14.3. The van der Waals surface area contributed by atoms with Crippen LogP contribution in [-0.2, 0) is 23.0 Å². The average molecular weight is 374 g/mol. The summed E-state index contributed by atoms with van der Waals surface area (Å²) in [5.41, 5.74) is 2.40. The van der Waals surface area contributed by atoms with Crippen molar-refractivity contribution in [2.24, 2.45) is 0 Å². The molecule has 0 unspecified atom stereocenters. The standard InChI is InChI=1S/C18H22N4O3S/c1-3-22(4-2)26(24,25)16-7-5-14(6-8-16)18(23)21-10-9-17-15(12-21)11-19-13-20-17/h5-8,11,13H,3-4,9-10,12H2,1-2H3. The fourth-order valence-corrected chi connectivity index (χ4v) is 4.56. The molecule has 1 aromatic heterocycles. The zero-order chi connectivity index (χ0) is 18.7. The van der Waals surface area contributed by atoms with Gasteiger partial charge in [-0.1, -0.05) is 13.8 Å². The maximum atomic E-state index is 12.7. The second kappa shape index (κ2) is 7.51. The second-order valence-electron chi connectivity index (χ2n) is 6.09. The molecule has 0 saturated carbocycles. The first-order valence-electron chi connectivity index (χ1n) is 8.64. The van der Waals surface area contributed by atoms with Crippen molar-refractivity contribution in [2.45, 2.75) is 31.7 Å². The van der Waals surface area contributed by atoms with E-state index in [2.05, 4.69) is 9.97 Å². The van der Waals surface area contributed by atoms with E-state index in [0.717, 1.165) is 11.3 Å². The molecule has 0 saturated heterocycles. The van der Waals surface area contributed by atoms with Crippen molar-refractivity contribution in [3.8, 4) is 0 Å². The summed E-state index contributed by atoms with van der Waals surface area (Å²) in [6.45, 7) is 5.48. The highest BCUT2D eigenvalue weighted by Crippen LogP contribution is 2.20. The Hall–Kier alpha value is -2.32. The van der Waals surface area contributed by atoms with Crippen LogP contribution in [0.4, 0.5) is 0 Å². The summed E-state index contributed by atoms with van der Waals surface area (Å²) in [7, 11) is -3.52. The topological polar surface area (TPSA) is 83.5 Å². The number of carbonyl (C=O) groups is 1. The van der Waals surface area contributed by atoms with Crippen molar-refractivity contribution in [2.75, 3.05) is 19.6 Å². The smallest absolute Gasteiger partial charge is 0.254 e. The van der Waals surface area contributed by atoms with Gasteiger partial charge < -0.3 is 4.90 Å². The number of amides is 1. The van der Waals surface area contributed by atoms with Crippen LogP contribution in [0.2, 0.25) is 0 Å². The lowest BCUT2D eigenvalue weighted by Gasteiger charge is -2.28. The van der Waals surface area contributed by atoms with Gasteiger partial charge in [0.05, 0.1) is 10.6 Å². The largest absolute Gasteiger partial charge is 0.334 e. The third-order valence-corrected chi connectivity index (χ3v) is 6.66. The third kappa shape index (κ3) is 3.47. The van der Waals surface area contributed by atoms with Crippen LogP contribution in [0.25, 0.3) is 0 Å². The summed E-state index contributed by atoms with van der Waals surface area (Å²) >= 11 is 0. The Morgan fingerprint density at radius 3 is 2.54 bits per heavy atom. The maximum Gasteiger partial charge on any atom is 0.254 e. The number of hydrogen-bond acceptors (Lipinski definition) is 5. The van der Waals surface area contributed by atoms with E-state index < -0.39 is 10.0 Å². The molecule has 1 aliphatic heterocycles. The molecule has 1 aliphatic rings. The zero-order valence-electron chi connectivity index (χ0n) is 14.9. The molecule has 2 heterocycles. The number of carbonyl (C=O) groups excluding carboxylic acids is 1. The van der Waals surface area contributed by atoms with Crippen molar-refractivity contribution in [3.63, 3.8) is 0 Å². The summed E-state index contributed by atoms with van der Waals surface area (Å²) in [4.78, 5) is 22.9. The molecule has 0 N–H and O–H groups in total. The van der Waals surface area contributed by atoms with Crippen molar-refractivity contribution in [1.29, 1.82) is 0 Å². The number of benzene rings is 1. The van der Waals surface area contributed by atoms with Crippen molar-refractivity contribution >= 4 is 15.9 Å². The molecule has 138 valence electrons. The molecule has 0 fully saturated rings. The molecule has 8 heteroatoms. The average Bonchev–Trinajstić information content (AvgIpc) is 2.68. The molecule has 3 rings (SSSR count). The fraction of sp³-hybridized carbons (Fsp3) is 0.389. The van der Waals surface area contributed by atoms with Crippen LogP contribution in [0.3, 0.4) is 0 Å². The highest BCUT2D eigenvalue weighted by atomic mass is 32.2. The number of nitrogens with zero attached hydrogens (tertiary/aromatic N) is 4. The van der Waals surface area contributed by atoms with Crippen molar-refractivity contribution in [1.82, 2.24) is 19.2 Å². The van der Waals surface area contributed by atoms with E-state index in [-0.39, 0.29) is 10.8 Å². The Morgan fingerprint density at radius 1 is 1.19 bits per heavy atom. The molecule has 0 aliphatic carbocycles. The van der Waals surface area contributed by atoms with Crippen LogP contribution >= 0.6 is 0 Å². The van der Waals surface area contributed by atoms with E-state index in [1.165, 1.54) is 22.8 Å². The van der Waals surface area contributed by atoms with E-state index in [0.29, 0.717) is 38.2 Å². The van der Waals surface area contributed by atoms with Crippen LogP contribution in [0.5, 0.6) is 0 Å². The van der Waals surface area contributed by atoms with E-state index >= 15 is 0 Å². The second-order valence-corrected chi connectivity index (χ2v) is 8.02. The van der Waals surface area contributed by atoms with Gasteiger partial charge in [0.25, 0.3) is 5.91 Å². The molecule has 7 nitrogen and oxygen atoms in total. The first-order chi connectivity index (χ1) is 12.5. The van der Waals surface area contributed by atoms with E-state index in [1.54, 1.807) is 37.1 Å². The summed E-state index contributed by atoms with van der Waals surface area (Å²) in [6.07, 6.45) is 3.95. The predicted molar refractivity (Wildman–Crippen MR) is 97.0 cm³/mol. The third-order valence-electron chi connectivity index (χ3n) is 4.59. The Kier molecular flexibility index (Phi) is 5.33. The van der Waals surface area contributed by atoms with Gasteiger partial charge in [0.15, 0.2) is 0 Å². The molecule has 1 amide bonds. The SMILES string of the molecule is CCN(CC)S(=O)(=O)c1ccc(C(=O)N2CCc3ncncc3C2)cc1. The minimum atomic E-state index is -3.52.